The standard InChI is InChI=1S/C9H4ClF3OS/c10-7-5(9(11,12)13)2-1-4-6(14)3-15-8(4)7/h1-2H,3H2. The molecule has 0 bridgehead atoms. The lowest BCUT2D eigenvalue weighted by Gasteiger charge is -2.10. The van der Waals surface area contributed by atoms with Gasteiger partial charge in [-0.25, -0.2) is 0 Å². The Morgan fingerprint density at radius 3 is 2.60 bits per heavy atom. The number of carbonyl (C=O) groups excluding carboxylic acids is 1. The molecule has 0 amide bonds. The van der Waals surface area contributed by atoms with Gasteiger partial charge >= 0.3 is 6.18 Å². The normalized spacial score (nSPS) is 15.6. The Bertz CT molecular complexity index is 442. The van der Waals surface area contributed by atoms with Crippen LogP contribution in [0.25, 0.3) is 0 Å². The SMILES string of the molecule is O=C1CSc2c1ccc(C(F)(F)F)c2Cl. The molecule has 0 N–H and O–H groups in total. The minimum absolute atomic E-state index is 0.163. The zero-order valence-corrected chi connectivity index (χ0v) is 8.76. The summed E-state index contributed by atoms with van der Waals surface area (Å²) in [6.07, 6.45) is -4.47. The largest absolute Gasteiger partial charge is 0.417 e. The summed E-state index contributed by atoms with van der Waals surface area (Å²) in [4.78, 5) is 11.5. The topological polar surface area (TPSA) is 17.1 Å². The van der Waals surface area contributed by atoms with Crippen LogP contribution >= 0.6 is 23.4 Å². The minimum atomic E-state index is -4.47. The summed E-state index contributed by atoms with van der Waals surface area (Å²) < 4.78 is 37.3. The summed E-state index contributed by atoms with van der Waals surface area (Å²) in [5, 5.41) is -0.365. The molecule has 80 valence electrons. The van der Waals surface area contributed by atoms with E-state index >= 15 is 0 Å². The monoisotopic (exact) mass is 252 g/mol. The Balaban J connectivity index is 2.61. The molecule has 0 saturated carbocycles. The molecule has 6 heteroatoms. The molecule has 1 aliphatic rings. The zero-order valence-electron chi connectivity index (χ0n) is 7.19. The third kappa shape index (κ3) is 1.74. The van der Waals surface area contributed by atoms with Gasteiger partial charge in [-0.05, 0) is 12.1 Å². The first-order valence-corrected chi connectivity index (χ1v) is 5.33. The molecule has 2 rings (SSSR count). The summed E-state index contributed by atoms with van der Waals surface area (Å²) in [6, 6.07) is 2.04. The van der Waals surface area contributed by atoms with Gasteiger partial charge in [-0.3, -0.25) is 4.79 Å². The third-order valence-corrected chi connectivity index (χ3v) is 3.67. The van der Waals surface area contributed by atoms with Crippen molar-refractivity contribution < 1.29 is 18.0 Å². The number of thioether (sulfide) groups is 1. The first kappa shape index (κ1) is 10.8. The molecule has 1 aromatic carbocycles. The number of benzene rings is 1. The molecule has 0 aromatic heterocycles. The van der Waals surface area contributed by atoms with E-state index in [4.69, 9.17) is 11.6 Å². The van der Waals surface area contributed by atoms with Crippen molar-refractivity contribution in [2.75, 3.05) is 5.75 Å². The van der Waals surface area contributed by atoms with Crippen molar-refractivity contribution >= 4 is 29.1 Å². The van der Waals surface area contributed by atoms with Gasteiger partial charge in [0.15, 0.2) is 5.78 Å². The Morgan fingerprint density at radius 1 is 1.33 bits per heavy atom. The predicted octanol–water partition coefficient (Wildman–Crippen LogP) is 3.65. The lowest BCUT2D eigenvalue weighted by Crippen LogP contribution is -2.07. The van der Waals surface area contributed by atoms with Gasteiger partial charge in [-0.1, -0.05) is 11.6 Å². The van der Waals surface area contributed by atoms with E-state index < -0.39 is 11.7 Å². The smallest absolute Gasteiger partial charge is 0.293 e. The maximum absolute atomic E-state index is 12.4. The number of Topliss-reactive ketones (excluding diaryl/α,β-unsaturated/α-hetero) is 1. The molecule has 1 heterocycles. The van der Waals surface area contributed by atoms with Crippen LogP contribution in [0.4, 0.5) is 13.2 Å². The molecule has 0 unspecified atom stereocenters. The maximum atomic E-state index is 12.4. The summed E-state index contributed by atoms with van der Waals surface area (Å²) >= 11 is 6.66. The third-order valence-electron chi connectivity index (χ3n) is 2.05. The summed E-state index contributed by atoms with van der Waals surface area (Å²) in [6.45, 7) is 0. The fraction of sp³-hybridized carbons (Fsp3) is 0.222. The number of halogens is 4. The molecule has 1 aliphatic heterocycles. The fourth-order valence-corrected chi connectivity index (χ4v) is 2.79. The zero-order chi connectivity index (χ0) is 11.2. The van der Waals surface area contributed by atoms with Crippen LogP contribution in [0.15, 0.2) is 17.0 Å². The molecule has 0 spiro atoms. The van der Waals surface area contributed by atoms with E-state index in [1.807, 2.05) is 0 Å². The van der Waals surface area contributed by atoms with Crippen molar-refractivity contribution in [3.05, 3.63) is 28.3 Å². The predicted molar refractivity (Wildman–Crippen MR) is 51.5 cm³/mol. The molecule has 0 saturated heterocycles. The Kier molecular flexibility index (Phi) is 2.47. The number of hydrogen-bond donors (Lipinski definition) is 0. The van der Waals surface area contributed by atoms with Crippen molar-refractivity contribution in [1.29, 1.82) is 0 Å². The average molecular weight is 253 g/mol. The van der Waals surface area contributed by atoms with E-state index in [1.54, 1.807) is 0 Å². The molecule has 0 aliphatic carbocycles. The van der Waals surface area contributed by atoms with Crippen LogP contribution in [0.3, 0.4) is 0 Å². The van der Waals surface area contributed by atoms with Crippen LogP contribution in [-0.2, 0) is 6.18 Å². The Labute approximate surface area is 92.6 Å². The molecule has 0 fully saturated rings. The van der Waals surface area contributed by atoms with Gasteiger partial charge in [0.2, 0.25) is 0 Å². The van der Waals surface area contributed by atoms with Gasteiger partial charge in [0.1, 0.15) is 0 Å². The van der Waals surface area contributed by atoms with Crippen molar-refractivity contribution in [2.24, 2.45) is 0 Å². The number of carbonyl (C=O) groups is 1. The van der Waals surface area contributed by atoms with E-state index in [2.05, 4.69) is 0 Å². The van der Waals surface area contributed by atoms with E-state index in [9.17, 15) is 18.0 Å². The summed E-state index contributed by atoms with van der Waals surface area (Å²) in [7, 11) is 0. The number of hydrogen-bond acceptors (Lipinski definition) is 2. The second-order valence-corrected chi connectivity index (χ2v) is 4.38. The summed E-state index contributed by atoms with van der Waals surface area (Å²) in [5.41, 5.74) is -0.594. The molecular weight excluding hydrogens is 249 g/mol. The Hall–Kier alpha value is -0.680. The molecular formula is C9H4ClF3OS. The van der Waals surface area contributed by atoms with Gasteiger partial charge in [-0.2, -0.15) is 13.2 Å². The highest BCUT2D eigenvalue weighted by Gasteiger charge is 2.36. The van der Waals surface area contributed by atoms with Gasteiger partial charge in [-0.15, -0.1) is 11.8 Å². The van der Waals surface area contributed by atoms with Gasteiger partial charge in [0.05, 0.1) is 16.3 Å². The summed E-state index contributed by atoms with van der Waals surface area (Å²) in [5.74, 6) is -0.0123. The molecule has 0 radical (unpaired) electrons. The lowest BCUT2D eigenvalue weighted by atomic mass is 10.1. The van der Waals surface area contributed by atoms with Crippen molar-refractivity contribution in [1.82, 2.24) is 0 Å². The quantitative estimate of drug-likeness (QED) is 0.701. The average Bonchev–Trinajstić information content (AvgIpc) is 2.47. The van der Waals surface area contributed by atoms with Gasteiger partial charge in [0.25, 0.3) is 0 Å². The van der Waals surface area contributed by atoms with Crippen LogP contribution < -0.4 is 0 Å². The second kappa shape index (κ2) is 3.42. The first-order chi connectivity index (χ1) is 6.91. The number of rotatable bonds is 0. The maximum Gasteiger partial charge on any atom is 0.417 e. The van der Waals surface area contributed by atoms with Crippen LogP contribution in [-0.4, -0.2) is 11.5 Å². The second-order valence-electron chi connectivity index (χ2n) is 3.01. The van der Waals surface area contributed by atoms with Gasteiger partial charge in [0, 0.05) is 10.5 Å². The number of alkyl halides is 3. The highest BCUT2D eigenvalue weighted by molar-refractivity contribution is 8.00. The van der Waals surface area contributed by atoms with Crippen LogP contribution in [0.5, 0.6) is 0 Å². The molecule has 0 atom stereocenters. The lowest BCUT2D eigenvalue weighted by molar-refractivity contribution is -0.137. The van der Waals surface area contributed by atoms with Crippen LogP contribution in [0.2, 0.25) is 5.02 Å². The van der Waals surface area contributed by atoms with Crippen molar-refractivity contribution in [3.8, 4) is 0 Å². The number of ketones is 1. The molecule has 1 nitrogen and oxygen atoms in total. The van der Waals surface area contributed by atoms with Crippen LogP contribution in [0.1, 0.15) is 15.9 Å². The number of fused-ring (bicyclic) bond motifs is 1. The van der Waals surface area contributed by atoms with E-state index in [1.165, 1.54) is 6.07 Å². The van der Waals surface area contributed by atoms with E-state index in [0.717, 1.165) is 17.8 Å². The first-order valence-electron chi connectivity index (χ1n) is 3.97. The highest BCUT2D eigenvalue weighted by Crippen LogP contribution is 2.44. The van der Waals surface area contributed by atoms with Crippen molar-refractivity contribution in [2.45, 2.75) is 11.1 Å². The highest BCUT2D eigenvalue weighted by atomic mass is 35.5. The van der Waals surface area contributed by atoms with Gasteiger partial charge < -0.3 is 0 Å². The minimum Gasteiger partial charge on any atom is -0.293 e. The van der Waals surface area contributed by atoms with E-state index in [-0.39, 0.29) is 27.0 Å². The Morgan fingerprint density at radius 2 is 2.00 bits per heavy atom. The van der Waals surface area contributed by atoms with E-state index in [0.29, 0.717) is 0 Å². The molecule has 15 heavy (non-hydrogen) atoms. The van der Waals surface area contributed by atoms with Crippen molar-refractivity contribution in [3.63, 3.8) is 0 Å². The molecule has 1 aromatic rings. The fourth-order valence-electron chi connectivity index (χ4n) is 1.35. The van der Waals surface area contributed by atoms with Crippen LogP contribution in [0, 0.1) is 0 Å².